The number of anilines is 1. The molecule has 0 spiro atoms. The number of pyridine rings is 1. The fraction of sp³-hybridized carbons (Fsp3) is 0.375. The smallest absolute Gasteiger partial charge is 0.328 e. The molecule has 0 saturated carbocycles. The molecule has 1 fully saturated rings. The second kappa shape index (κ2) is 5.49. The lowest BCUT2D eigenvalue weighted by atomic mass is 10.1. The van der Waals surface area contributed by atoms with Crippen molar-refractivity contribution in [2.75, 3.05) is 18.1 Å². The predicted molar refractivity (Wildman–Crippen MR) is 78.7 cm³/mol. The Morgan fingerprint density at radius 1 is 1.40 bits per heavy atom. The van der Waals surface area contributed by atoms with Gasteiger partial charge in [-0.25, -0.2) is 4.79 Å². The van der Waals surface area contributed by atoms with Crippen LogP contribution in [0, 0.1) is 0 Å². The molecule has 2 aromatic rings. The normalized spacial score (nSPS) is 18.4. The maximum Gasteiger partial charge on any atom is 0.328 e. The largest absolute Gasteiger partial charge is 0.464 e. The molecule has 1 aliphatic rings. The van der Waals surface area contributed by atoms with E-state index in [1.165, 1.54) is 0 Å². The number of carbonyl (C=O) groups excluding carboxylic acids is 1. The highest BCUT2D eigenvalue weighted by Gasteiger charge is 2.32. The lowest BCUT2D eigenvalue weighted by Crippen LogP contribution is -2.37. The van der Waals surface area contributed by atoms with Crippen LogP contribution in [0.5, 0.6) is 0 Å². The first-order chi connectivity index (χ1) is 9.81. The van der Waals surface area contributed by atoms with E-state index in [1.54, 1.807) is 6.20 Å². The van der Waals surface area contributed by atoms with Crippen molar-refractivity contribution < 1.29 is 9.53 Å². The van der Waals surface area contributed by atoms with E-state index in [0.29, 0.717) is 6.61 Å². The molecule has 0 bridgehead atoms. The van der Waals surface area contributed by atoms with Gasteiger partial charge in [-0.3, -0.25) is 4.98 Å². The first-order valence-electron chi connectivity index (χ1n) is 7.08. The van der Waals surface area contributed by atoms with Crippen LogP contribution in [0.1, 0.15) is 19.8 Å². The van der Waals surface area contributed by atoms with Gasteiger partial charge < -0.3 is 9.64 Å². The molecule has 3 rings (SSSR count). The molecule has 0 radical (unpaired) electrons. The number of ether oxygens (including phenoxy) is 1. The molecule has 4 heteroatoms. The third kappa shape index (κ3) is 2.22. The summed E-state index contributed by atoms with van der Waals surface area (Å²) in [6.45, 7) is 3.16. The summed E-state index contributed by atoms with van der Waals surface area (Å²) in [6.07, 6.45) is 3.67. The Bertz CT molecular complexity index is 621. The highest BCUT2D eigenvalue weighted by molar-refractivity contribution is 5.94. The zero-order chi connectivity index (χ0) is 13.9. The van der Waals surface area contributed by atoms with Gasteiger partial charge >= 0.3 is 5.97 Å². The second-order valence-corrected chi connectivity index (χ2v) is 4.95. The molecule has 4 nitrogen and oxygen atoms in total. The number of hydrogen-bond acceptors (Lipinski definition) is 4. The highest BCUT2D eigenvalue weighted by Crippen LogP contribution is 2.31. The molecule has 1 unspecified atom stereocenters. The summed E-state index contributed by atoms with van der Waals surface area (Å²) in [5, 5.41) is 1.09. The average Bonchev–Trinajstić information content (AvgIpc) is 2.96. The Hall–Kier alpha value is -2.10. The number of hydrogen-bond donors (Lipinski definition) is 0. The maximum absolute atomic E-state index is 12.1. The Kier molecular flexibility index (Phi) is 3.54. The van der Waals surface area contributed by atoms with Gasteiger partial charge in [-0.05, 0) is 31.9 Å². The Morgan fingerprint density at radius 2 is 2.25 bits per heavy atom. The third-order valence-electron chi connectivity index (χ3n) is 3.75. The standard InChI is InChI=1S/C16H18N2O2/c1-2-20-16(19)15-8-5-11-18(15)14-9-10-17-13-7-4-3-6-12(13)14/h3-4,6-7,9-10,15H,2,5,8,11H2,1H3. The molecule has 0 N–H and O–H groups in total. The van der Waals surface area contributed by atoms with Crippen molar-refractivity contribution in [1.82, 2.24) is 4.98 Å². The summed E-state index contributed by atoms with van der Waals surface area (Å²) in [4.78, 5) is 18.6. The van der Waals surface area contributed by atoms with Crippen LogP contribution in [-0.4, -0.2) is 30.1 Å². The lowest BCUT2D eigenvalue weighted by Gasteiger charge is -2.26. The molecule has 1 atom stereocenters. The fourth-order valence-corrected chi connectivity index (χ4v) is 2.87. The number of fused-ring (bicyclic) bond motifs is 1. The van der Waals surface area contributed by atoms with Crippen molar-refractivity contribution >= 4 is 22.6 Å². The summed E-state index contributed by atoms with van der Waals surface area (Å²) in [6, 6.07) is 9.85. The van der Waals surface area contributed by atoms with Crippen molar-refractivity contribution in [3.05, 3.63) is 36.5 Å². The minimum atomic E-state index is -0.166. The van der Waals surface area contributed by atoms with Crippen LogP contribution in [0.15, 0.2) is 36.5 Å². The number of rotatable bonds is 3. The number of esters is 1. The van der Waals surface area contributed by atoms with Crippen LogP contribution < -0.4 is 4.90 Å². The van der Waals surface area contributed by atoms with Crippen LogP contribution in [0.2, 0.25) is 0 Å². The summed E-state index contributed by atoms with van der Waals surface area (Å²) in [5.41, 5.74) is 2.03. The zero-order valence-corrected chi connectivity index (χ0v) is 11.6. The molecule has 20 heavy (non-hydrogen) atoms. The monoisotopic (exact) mass is 270 g/mol. The summed E-state index contributed by atoms with van der Waals surface area (Å²) >= 11 is 0. The van der Waals surface area contributed by atoms with Crippen LogP contribution in [-0.2, 0) is 9.53 Å². The van der Waals surface area contributed by atoms with E-state index < -0.39 is 0 Å². The molecular formula is C16H18N2O2. The van der Waals surface area contributed by atoms with E-state index in [9.17, 15) is 4.79 Å². The van der Waals surface area contributed by atoms with Gasteiger partial charge in [0.05, 0.1) is 12.1 Å². The quantitative estimate of drug-likeness (QED) is 0.804. The van der Waals surface area contributed by atoms with Gasteiger partial charge in [0.25, 0.3) is 0 Å². The first-order valence-corrected chi connectivity index (χ1v) is 7.08. The first kappa shape index (κ1) is 12.9. The molecule has 0 amide bonds. The molecule has 104 valence electrons. The van der Waals surface area contributed by atoms with Gasteiger partial charge in [0.1, 0.15) is 6.04 Å². The fourth-order valence-electron chi connectivity index (χ4n) is 2.87. The van der Waals surface area contributed by atoms with E-state index in [-0.39, 0.29) is 12.0 Å². The van der Waals surface area contributed by atoms with Gasteiger partial charge in [-0.1, -0.05) is 18.2 Å². The van der Waals surface area contributed by atoms with Gasteiger partial charge in [-0.15, -0.1) is 0 Å². The van der Waals surface area contributed by atoms with Gasteiger partial charge in [0.2, 0.25) is 0 Å². The molecule has 1 aliphatic heterocycles. The summed E-state index contributed by atoms with van der Waals surface area (Å²) in [5.74, 6) is -0.120. The maximum atomic E-state index is 12.1. The van der Waals surface area contributed by atoms with Crippen LogP contribution in [0.3, 0.4) is 0 Å². The van der Waals surface area contributed by atoms with Crippen molar-refractivity contribution in [3.8, 4) is 0 Å². The molecule has 1 saturated heterocycles. The van der Waals surface area contributed by atoms with E-state index in [4.69, 9.17) is 4.74 Å². The Labute approximate surface area is 118 Å². The lowest BCUT2D eigenvalue weighted by molar-refractivity contribution is -0.144. The van der Waals surface area contributed by atoms with Gasteiger partial charge in [-0.2, -0.15) is 0 Å². The van der Waals surface area contributed by atoms with E-state index in [2.05, 4.69) is 16.0 Å². The SMILES string of the molecule is CCOC(=O)C1CCCN1c1ccnc2ccccc12. The molecule has 1 aromatic carbocycles. The van der Waals surface area contributed by atoms with Crippen molar-refractivity contribution in [2.45, 2.75) is 25.8 Å². The van der Waals surface area contributed by atoms with Crippen LogP contribution in [0.4, 0.5) is 5.69 Å². The number of para-hydroxylation sites is 1. The van der Waals surface area contributed by atoms with Crippen molar-refractivity contribution in [3.63, 3.8) is 0 Å². The van der Waals surface area contributed by atoms with E-state index >= 15 is 0 Å². The second-order valence-electron chi connectivity index (χ2n) is 4.95. The van der Waals surface area contributed by atoms with Gasteiger partial charge in [0.15, 0.2) is 0 Å². The number of aromatic nitrogens is 1. The highest BCUT2D eigenvalue weighted by atomic mass is 16.5. The predicted octanol–water partition coefficient (Wildman–Crippen LogP) is 2.77. The minimum absolute atomic E-state index is 0.120. The Morgan fingerprint density at radius 3 is 3.10 bits per heavy atom. The molecule has 1 aromatic heterocycles. The molecule has 0 aliphatic carbocycles. The minimum Gasteiger partial charge on any atom is -0.464 e. The Balaban J connectivity index is 1.99. The van der Waals surface area contributed by atoms with Crippen LogP contribution in [0.25, 0.3) is 10.9 Å². The molecular weight excluding hydrogens is 252 g/mol. The number of carbonyl (C=O) groups is 1. The topological polar surface area (TPSA) is 42.4 Å². The summed E-state index contributed by atoms with van der Waals surface area (Å²) < 4.78 is 5.19. The average molecular weight is 270 g/mol. The van der Waals surface area contributed by atoms with E-state index in [0.717, 1.165) is 36.0 Å². The van der Waals surface area contributed by atoms with E-state index in [1.807, 2.05) is 31.2 Å². The molecule has 2 heterocycles. The third-order valence-corrected chi connectivity index (χ3v) is 3.75. The van der Waals surface area contributed by atoms with Crippen molar-refractivity contribution in [2.24, 2.45) is 0 Å². The van der Waals surface area contributed by atoms with Crippen molar-refractivity contribution in [1.29, 1.82) is 0 Å². The van der Waals surface area contributed by atoms with Gasteiger partial charge in [0, 0.05) is 23.8 Å². The zero-order valence-electron chi connectivity index (χ0n) is 11.6. The number of benzene rings is 1. The summed E-state index contributed by atoms with van der Waals surface area (Å²) in [7, 11) is 0. The van der Waals surface area contributed by atoms with Crippen LogP contribution >= 0.6 is 0 Å². The number of nitrogens with zero attached hydrogens (tertiary/aromatic N) is 2.